The maximum absolute atomic E-state index is 9.59. The van der Waals surface area contributed by atoms with E-state index >= 15 is 0 Å². The Labute approximate surface area is 116 Å². The first-order valence-corrected chi connectivity index (χ1v) is 6.85. The first-order valence-electron chi connectivity index (χ1n) is 6.85. The fourth-order valence-corrected chi connectivity index (χ4v) is 2.18. The van der Waals surface area contributed by atoms with E-state index in [9.17, 15) is 10.2 Å². The first kappa shape index (κ1) is 15.8. The van der Waals surface area contributed by atoms with Crippen LogP contribution in [-0.2, 0) is 0 Å². The van der Waals surface area contributed by atoms with Crippen LogP contribution < -0.4 is 0 Å². The molecule has 108 valence electrons. The number of nitrogens with zero attached hydrogens (tertiary/aromatic N) is 2. The van der Waals surface area contributed by atoms with Gasteiger partial charge in [0, 0.05) is 25.2 Å². The highest BCUT2D eigenvalue weighted by Crippen LogP contribution is 2.28. The second-order valence-corrected chi connectivity index (χ2v) is 5.30. The predicted octanol–water partition coefficient (Wildman–Crippen LogP) is 2.43. The average molecular weight is 266 g/mol. The number of aromatic hydroxyl groups is 2. The SMILES string of the molecule is CCCN(CCN(C)C)C(C)c1cc(O)cc(O)c1. The molecule has 2 N–H and O–H groups in total. The van der Waals surface area contributed by atoms with Crippen LogP contribution >= 0.6 is 0 Å². The fourth-order valence-electron chi connectivity index (χ4n) is 2.18. The Kier molecular flexibility index (Phi) is 6.12. The summed E-state index contributed by atoms with van der Waals surface area (Å²) in [6, 6.07) is 4.99. The van der Waals surface area contributed by atoms with Crippen LogP contribution in [0.15, 0.2) is 18.2 Å². The molecule has 4 heteroatoms. The van der Waals surface area contributed by atoms with Gasteiger partial charge in [-0.3, -0.25) is 4.90 Å². The number of phenols is 2. The van der Waals surface area contributed by atoms with Gasteiger partial charge in [-0.15, -0.1) is 0 Å². The summed E-state index contributed by atoms with van der Waals surface area (Å²) in [5.74, 6) is 0.233. The van der Waals surface area contributed by atoms with Gasteiger partial charge >= 0.3 is 0 Å². The monoisotopic (exact) mass is 266 g/mol. The third-order valence-corrected chi connectivity index (χ3v) is 3.30. The third kappa shape index (κ3) is 5.09. The van der Waals surface area contributed by atoms with E-state index in [1.165, 1.54) is 6.07 Å². The van der Waals surface area contributed by atoms with E-state index in [1.54, 1.807) is 12.1 Å². The molecular weight excluding hydrogens is 240 g/mol. The number of likely N-dealkylation sites (N-methyl/N-ethyl adjacent to an activating group) is 1. The van der Waals surface area contributed by atoms with Gasteiger partial charge in [-0.2, -0.15) is 0 Å². The average Bonchev–Trinajstić information content (AvgIpc) is 2.32. The summed E-state index contributed by atoms with van der Waals surface area (Å²) in [5.41, 5.74) is 0.949. The van der Waals surface area contributed by atoms with Gasteiger partial charge in [0.05, 0.1) is 0 Å². The minimum Gasteiger partial charge on any atom is -0.508 e. The fraction of sp³-hybridized carbons (Fsp3) is 0.600. The Morgan fingerprint density at radius 1 is 1.00 bits per heavy atom. The number of benzene rings is 1. The Bertz CT molecular complexity index is 373. The van der Waals surface area contributed by atoms with E-state index < -0.39 is 0 Å². The first-order chi connectivity index (χ1) is 8.93. The lowest BCUT2D eigenvalue weighted by molar-refractivity contribution is 0.189. The van der Waals surface area contributed by atoms with Crippen molar-refractivity contribution in [3.05, 3.63) is 23.8 Å². The second kappa shape index (κ2) is 7.36. The van der Waals surface area contributed by atoms with Gasteiger partial charge in [-0.1, -0.05) is 6.92 Å². The molecule has 0 bridgehead atoms. The number of hydrogen-bond donors (Lipinski definition) is 2. The third-order valence-electron chi connectivity index (χ3n) is 3.30. The Balaban J connectivity index is 2.82. The van der Waals surface area contributed by atoms with Crippen molar-refractivity contribution < 1.29 is 10.2 Å². The number of rotatable bonds is 7. The zero-order valence-electron chi connectivity index (χ0n) is 12.4. The van der Waals surface area contributed by atoms with E-state index in [4.69, 9.17) is 0 Å². The molecule has 0 aliphatic rings. The van der Waals surface area contributed by atoms with Crippen LogP contribution in [0.2, 0.25) is 0 Å². The molecule has 0 fully saturated rings. The van der Waals surface area contributed by atoms with E-state index in [2.05, 4.69) is 37.7 Å². The molecule has 1 aromatic rings. The molecule has 4 nitrogen and oxygen atoms in total. The normalized spacial score (nSPS) is 13.2. The summed E-state index contributed by atoms with van der Waals surface area (Å²) in [7, 11) is 4.13. The zero-order valence-corrected chi connectivity index (χ0v) is 12.4. The van der Waals surface area contributed by atoms with Gasteiger partial charge in [0.1, 0.15) is 11.5 Å². The predicted molar refractivity (Wildman–Crippen MR) is 78.6 cm³/mol. The van der Waals surface area contributed by atoms with Crippen LogP contribution in [0, 0.1) is 0 Å². The molecule has 0 aliphatic heterocycles. The molecule has 1 unspecified atom stereocenters. The largest absolute Gasteiger partial charge is 0.508 e. The van der Waals surface area contributed by atoms with E-state index in [0.29, 0.717) is 0 Å². The highest BCUT2D eigenvalue weighted by Gasteiger charge is 2.16. The van der Waals surface area contributed by atoms with Crippen molar-refractivity contribution in [3.63, 3.8) is 0 Å². The van der Waals surface area contributed by atoms with Crippen LogP contribution in [0.25, 0.3) is 0 Å². The molecule has 0 heterocycles. The molecule has 0 spiro atoms. The molecule has 0 aliphatic carbocycles. The summed E-state index contributed by atoms with van der Waals surface area (Å²) in [4.78, 5) is 4.53. The van der Waals surface area contributed by atoms with Gasteiger partial charge in [0.15, 0.2) is 0 Å². The summed E-state index contributed by atoms with van der Waals surface area (Å²) >= 11 is 0. The lowest BCUT2D eigenvalue weighted by Gasteiger charge is -2.30. The van der Waals surface area contributed by atoms with E-state index in [-0.39, 0.29) is 17.5 Å². The van der Waals surface area contributed by atoms with Crippen molar-refractivity contribution in [1.29, 1.82) is 0 Å². The van der Waals surface area contributed by atoms with Gasteiger partial charge in [0.25, 0.3) is 0 Å². The Hall–Kier alpha value is -1.26. The molecule has 19 heavy (non-hydrogen) atoms. The lowest BCUT2D eigenvalue weighted by Crippen LogP contribution is -2.34. The molecule has 0 saturated heterocycles. The van der Waals surface area contributed by atoms with Crippen LogP contribution in [-0.4, -0.2) is 53.7 Å². The second-order valence-electron chi connectivity index (χ2n) is 5.30. The summed E-state index contributed by atoms with van der Waals surface area (Å²) in [5, 5.41) is 19.2. The zero-order chi connectivity index (χ0) is 14.4. The topological polar surface area (TPSA) is 46.9 Å². The van der Waals surface area contributed by atoms with Gasteiger partial charge in [-0.25, -0.2) is 0 Å². The minimum absolute atomic E-state index is 0.117. The molecule has 0 aromatic heterocycles. The van der Waals surface area contributed by atoms with Gasteiger partial charge in [0.2, 0.25) is 0 Å². The highest BCUT2D eigenvalue weighted by molar-refractivity contribution is 5.37. The molecular formula is C15H26N2O2. The molecule has 0 amide bonds. The smallest absolute Gasteiger partial charge is 0.119 e. The van der Waals surface area contributed by atoms with Crippen molar-refractivity contribution in [3.8, 4) is 11.5 Å². The van der Waals surface area contributed by atoms with E-state index in [0.717, 1.165) is 31.6 Å². The lowest BCUT2D eigenvalue weighted by atomic mass is 10.1. The molecule has 1 atom stereocenters. The van der Waals surface area contributed by atoms with Crippen LogP contribution in [0.4, 0.5) is 0 Å². The van der Waals surface area contributed by atoms with Gasteiger partial charge in [-0.05, 0) is 51.7 Å². The quantitative estimate of drug-likeness (QED) is 0.796. The Morgan fingerprint density at radius 2 is 1.58 bits per heavy atom. The maximum atomic E-state index is 9.59. The number of phenolic OH excluding ortho intramolecular Hbond substituents is 2. The summed E-state index contributed by atoms with van der Waals surface area (Å²) in [6.45, 7) is 7.24. The molecule has 1 aromatic carbocycles. The van der Waals surface area contributed by atoms with Crippen molar-refractivity contribution in [2.75, 3.05) is 33.7 Å². The van der Waals surface area contributed by atoms with Crippen molar-refractivity contribution in [1.82, 2.24) is 9.80 Å². The minimum atomic E-state index is 0.117. The van der Waals surface area contributed by atoms with Crippen molar-refractivity contribution in [2.24, 2.45) is 0 Å². The molecule has 1 rings (SSSR count). The maximum Gasteiger partial charge on any atom is 0.119 e. The highest BCUT2D eigenvalue weighted by atomic mass is 16.3. The van der Waals surface area contributed by atoms with Crippen LogP contribution in [0.1, 0.15) is 31.9 Å². The number of hydrogen-bond acceptors (Lipinski definition) is 4. The van der Waals surface area contributed by atoms with Crippen LogP contribution in [0.5, 0.6) is 11.5 Å². The summed E-state index contributed by atoms with van der Waals surface area (Å²) in [6.07, 6.45) is 1.09. The van der Waals surface area contributed by atoms with Crippen molar-refractivity contribution in [2.45, 2.75) is 26.3 Å². The standard InChI is InChI=1S/C15H26N2O2/c1-5-6-17(8-7-16(3)4)12(2)13-9-14(18)11-15(19)10-13/h9-12,18-19H,5-8H2,1-4H3. The summed E-state index contributed by atoms with van der Waals surface area (Å²) < 4.78 is 0. The van der Waals surface area contributed by atoms with E-state index in [1.807, 2.05) is 0 Å². The Morgan fingerprint density at radius 3 is 2.05 bits per heavy atom. The van der Waals surface area contributed by atoms with Crippen LogP contribution in [0.3, 0.4) is 0 Å². The molecule has 0 radical (unpaired) electrons. The van der Waals surface area contributed by atoms with Gasteiger partial charge < -0.3 is 15.1 Å². The molecule has 0 saturated carbocycles. The van der Waals surface area contributed by atoms with Crippen molar-refractivity contribution >= 4 is 0 Å².